The van der Waals surface area contributed by atoms with Gasteiger partial charge < -0.3 is 14.7 Å². The molecule has 34 heavy (non-hydrogen) atoms. The second-order valence-corrected chi connectivity index (χ2v) is 8.70. The lowest BCUT2D eigenvalue weighted by Gasteiger charge is -2.27. The van der Waals surface area contributed by atoms with Gasteiger partial charge in [0.1, 0.15) is 11.5 Å². The molecule has 1 unspecified atom stereocenters. The van der Waals surface area contributed by atoms with Crippen molar-refractivity contribution in [3.63, 3.8) is 0 Å². The predicted octanol–water partition coefficient (Wildman–Crippen LogP) is 5.71. The molecule has 1 aliphatic rings. The van der Waals surface area contributed by atoms with Crippen molar-refractivity contribution in [1.29, 1.82) is 0 Å². The molecule has 1 amide bonds. The van der Waals surface area contributed by atoms with E-state index < -0.39 is 17.7 Å². The van der Waals surface area contributed by atoms with Gasteiger partial charge in [0.05, 0.1) is 16.5 Å². The molecule has 0 saturated carbocycles. The predicted molar refractivity (Wildman–Crippen MR) is 129 cm³/mol. The summed E-state index contributed by atoms with van der Waals surface area (Å²) in [5, 5.41) is 12.6. The van der Waals surface area contributed by atoms with E-state index in [1.165, 1.54) is 16.2 Å². The zero-order chi connectivity index (χ0) is 23.5. The molecule has 1 aliphatic heterocycles. The van der Waals surface area contributed by atoms with Gasteiger partial charge in [-0.1, -0.05) is 36.4 Å². The van der Waals surface area contributed by atoms with Crippen LogP contribution in [0.2, 0.25) is 0 Å². The van der Waals surface area contributed by atoms with E-state index in [2.05, 4.69) is 4.98 Å². The third kappa shape index (κ3) is 4.21. The average Bonchev–Trinajstić information content (AvgIpc) is 3.49. The van der Waals surface area contributed by atoms with Gasteiger partial charge in [0.15, 0.2) is 5.76 Å². The summed E-state index contributed by atoms with van der Waals surface area (Å²) < 4.78 is 5.98. The van der Waals surface area contributed by atoms with E-state index >= 15 is 0 Å². The van der Waals surface area contributed by atoms with Crippen LogP contribution in [0.1, 0.15) is 26.8 Å². The molecule has 0 radical (unpaired) electrons. The number of aliphatic hydroxyl groups excluding tert-OH is 1. The molecular formula is C27H20N2O4S. The zero-order valence-corrected chi connectivity index (χ0v) is 18.8. The van der Waals surface area contributed by atoms with E-state index in [-0.39, 0.29) is 17.9 Å². The van der Waals surface area contributed by atoms with Crippen molar-refractivity contribution in [2.75, 3.05) is 0 Å². The fourth-order valence-corrected chi connectivity index (χ4v) is 4.67. The number of thiophene rings is 1. The number of aromatic nitrogens is 1. The average molecular weight is 469 g/mol. The van der Waals surface area contributed by atoms with Crippen LogP contribution in [-0.4, -0.2) is 26.7 Å². The molecule has 2 aromatic heterocycles. The van der Waals surface area contributed by atoms with E-state index in [4.69, 9.17) is 4.74 Å². The van der Waals surface area contributed by atoms with Crippen molar-refractivity contribution in [3.05, 3.63) is 124 Å². The number of nitrogens with zero attached hydrogens (tertiary/aromatic N) is 2. The molecule has 3 heterocycles. The first-order valence-electron chi connectivity index (χ1n) is 10.7. The van der Waals surface area contributed by atoms with Gasteiger partial charge in [-0.3, -0.25) is 14.6 Å². The van der Waals surface area contributed by atoms with E-state index in [0.717, 1.165) is 5.56 Å². The molecule has 0 bridgehead atoms. The van der Waals surface area contributed by atoms with Crippen LogP contribution in [0.3, 0.4) is 0 Å². The third-order valence-corrected chi connectivity index (χ3v) is 6.42. The number of Topliss-reactive ketones (excluding diaryl/α,β-unsaturated/α-hetero) is 1. The van der Waals surface area contributed by atoms with Gasteiger partial charge in [0.25, 0.3) is 5.91 Å². The van der Waals surface area contributed by atoms with Crippen LogP contribution in [0.25, 0.3) is 0 Å². The van der Waals surface area contributed by atoms with Crippen molar-refractivity contribution in [2.45, 2.75) is 12.6 Å². The van der Waals surface area contributed by atoms with Crippen molar-refractivity contribution in [2.24, 2.45) is 0 Å². The Morgan fingerprint density at radius 2 is 1.74 bits per heavy atom. The van der Waals surface area contributed by atoms with Crippen LogP contribution in [0, 0.1) is 0 Å². The van der Waals surface area contributed by atoms with Gasteiger partial charge in [-0.05, 0) is 59.0 Å². The normalized spacial score (nSPS) is 15.6. The molecule has 0 spiro atoms. The van der Waals surface area contributed by atoms with Crippen LogP contribution in [0.4, 0.5) is 0 Å². The van der Waals surface area contributed by atoms with Crippen molar-refractivity contribution in [3.8, 4) is 11.5 Å². The van der Waals surface area contributed by atoms with Crippen LogP contribution in [0.15, 0.2) is 108 Å². The number of rotatable bonds is 7. The Morgan fingerprint density at radius 1 is 0.971 bits per heavy atom. The summed E-state index contributed by atoms with van der Waals surface area (Å²) in [4.78, 5) is 32.6. The van der Waals surface area contributed by atoms with Crippen LogP contribution < -0.4 is 4.74 Å². The van der Waals surface area contributed by atoms with Crippen LogP contribution in [-0.2, 0) is 11.3 Å². The van der Waals surface area contributed by atoms with E-state index in [1.807, 2.05) is 48.5 Å². The number of ether oxygens (including phenoxy) is 1. The zero-order valence-electron chi connectivity index (χ0n) is 18.0. The smallest absolute Gasteiger partial charge is 0.290 e. The van der Waals surface area contributed by atoms with Crippen LogP contribution in [0.5, 0.6) is 11.5 Å². The number of carbonyl (C=O) groups excluding carboxylic acids is 2. The molecule has 1 N–H and O–H groups in total. The number of para-hydroxylation sites is 1. The van der Waals surface area contributed by atoms with E-state index in [9.17, 15) is 14.7 Å². The highest BCUT2D eigenvalue weighted by atomic mass is 32.1. The highest BCUT2D eigenvalue weighted by Gasteiger charge is 2.44. The minimum absolute atomic E-state index is 0.0679. The lowest BCUT2D eigenvalue weighted by Crippen LogP contribution is -2.30. The molecule has 6 nitrogen and oxygen atoms in total. The number of benzene rings is 2. The van der Waals surface area contributed by atoms with Crippen molar-refractivity contribution < 1.29 is 19.4 Å². The maximum Gasteiger partial charge on any atom is 0.290 e. The number of carbonyl (C=O) groups is 2. The summed E-state index contributed by atoms with van der Waals surface area (Å²) in [6.45, 7) is 0.209. The second kappa shape index (κ2) is 9.33. The Balaban J connectivity index is 1.56. The number of amides is 1. The molecule has 4 aromatic rings. The van der Waals surface area contributed by atoms with Gasteiger partial charge in [0.2, 0.25) is 5.78 Å². The summed E-state index contributed by atoms with van der Waals surface area (Å²) in [6, 6.07) is 22.9. The molecule has 1 atom stereocenters. The summed E-state index contributed by atoms with van der Waals surface area (Å²) >= 11 is 1.27. The molecule has 0 saturated heterocycles. The third-order valence-electron chi connectivity index (χ3n) is 5.55. The van der Waals surface area contributed by atoms with Crippen LogP contribution >= 0.6 is 11.3 Å². The maximum atomic E-state index is 13.4. The summed E-state index contributed by atoms with van der Waals surface area (Å²) in [5.74, 6) is -0.237. The summed E-state index contributed by atoms with van der Waals surface area (Å²) in [6.07, 6.45) is 3.29. The van der Waals surface area contributed by atoms with Gasteiger partial charge in [-0.2, -0.15) is 0 Å². The number of hydrogen-bond acceptors (Lipinski definition) is 6. The van der Waals surface area contributed by atoms with Gasteiger partial charge in [-0.15, -0.1) is 11.3 Å². The highest BCUT2D eigenvalue weighted by molar-refractivity contribution is 7.12. The quantitative estimate of drug-likeness (QED) is 0.351. The largest absolute Gasteiger partial charge is 0.503 e. The molecule has 5 rings (SSSR count). The summed E-state index contributed by atoms with van der Waals surface area (Å²) in [5.41, 5.74) is 1.57. The fourth-order valence-electron chi connectivity index (χ4n) is 3.99. The van der Waals surface area contributed by atoms with E-state index in [1.54, 1.807) is 48.1 Å². The SMILES string of the molecule is O=C(C1=C(O)C(=O)N(Cc2ccncc2)C1c1cccc(Oc2ccccc2)c1)c1cccs1. The Hall–Kier alpha value is -4.23. The standard InChI is InChI=1S/C27H20N2O4S/c30-25(22-10-5-15-34-22)23-24(29(27(32)26(23)31)17-18-11-13-28-14-12-18)19-6-4-9-21(16-19)33-20-7-2-1-3-8-20/h1-16,24,31H,17H2. The lowest BCUT2D eigenvalue weighted by atomic mass is 9.95. The Labute approximate surface area is 200 Å². The first-order valence-corrected chi connectivity index (χ1v) is 11.5. The maximum absolute atomic E-state index is 13.4. The molecule has 2 aromatic carbocycles. The number of hydrogen-bond donors (Lipinski definition) is 1. The number of pyridine rings is 1. The van der Waals surface area contributed by atoms with Gasteiger partial charge in [-0.25, -0.2) is 0 Å². The Morgan fingerprint density at radius 3 is 2.47 bits per heavy atom. The molecule has 0 fully saturated rings. The lowest BCUT2D eigenvalue weighted by molar-refractivity contribution is -0.130. The summed E-state index contributed by atoms with van der Waals surface area (Å²) in [7, 11) is 0. The minimum atomic E-state index is -0.769. The van der Waals surface area contributed by atoms with Crippen molar-refractivity contribution in [1.82, 2.24) is 9.88 Å². The topological polar surface area (TPSA) is 79.7 Å². The first kappa shape index (κ1) is 21.6. The molecule has 168 valence electrons. The van der Waals surface area contributed by atoms with Gasteiger partial charge in [0, 0.05) is 18.9 Å². The molecular weight excluding hydrogens is 448 g/mol. The Kier molecular flexibility index (Phi) is 5.93. The van der Waals surface area contributed by atoms with Gasteiger partial charge >= 0.3 is 0 Å². The number of ketones is 1. The Bertz CT molecular complexity index is 1350. The highest BCUT2D eigenvalue weighted by Crippen LogP contribution is 2.41. The second-order valence-electron chi connectivity index (χ2n) is 7.75. The van der Waals surface area contributed by atoms with E-state index in [0.29, 0.717) is 21.9 Å². The first-order chi connectivity index (χ1) is 16.6. The van der Waals surface area contributed by atoms with Crippen molar-refractivity contribution >= 4 is 23.0 Å². The fraction of sp³-hybridized carbons (Fsp3) is 0.0741. The minimum Gasteiger partial charge on any atom is -0.503 e. The molecule has 0 aliphatic carbocycles. The molecule has 7 heteroatoms. The monoisotopic (exact) mass is 468 g/mol. The number of aliphatic hydroxyl groups is 1.